The smallest absolute Gasteiger partial charge is 0.207 e. The molecule has 3 unspecified atom stereocenters. The molecule has 1 aromatic carbocycles. The van der Waals surface area contributed by atoms with Crippen LogP contribution in [-0.4, -0.2) is 14.5 Å². The van der Waals surface area contributed by atoms with Crippen molar-refractivity contribution >= 4 is 10.0 Å². The van der Waals surface area contributed by atoms with Gasteiger partial charge in [-0.05, 0) is 54.2 Å². The van der Waals surface area contributed by atoms with E-state index in [9.17, 15) is 17.2 Å². The maximum absolute atomic E-state index is 13.3. The topological polar surface area (TPSA) is 46.2 Å². The third kappa shape index (κ3) is 2.11. The third-order valence-corrected chi connectivity index (χ3v) is 7.76. The van der Waals surface area contributed by atoms with Crippen molar-refractivity contribution in [1.82, 2.24) is 4.72 Å². The van der Waals surface area contributed by atoms with Gasteiger partial charge in [0, 0.05) is 6.04 Å². The number of nitrogens with one attached hydrogen (secondary N) is 1. The highest BCUT2D eigenvalue weighted by molar-refractivity contribution is 7.89. The predicted octanol–water partition coefficient (Wildman–Crippen LogP) is 3.46. The molecule has 0 spiro atoms. The molecule has 0 aliphatic heterocycles. The molecule has 0 saturated heterocycles. The van der Waals surface area contributed by atoms with E-state index in [0.29, 0.717) is 5.92 Å². The molecular formula is C16H21F2NO2S. The zero-order valence-corrected chi connectivity index (χ0v) is 13.8. The Morgan fingerprint density at radius 2 is 1.86 bits per heavy atom. The van der Waals surface area contributed by atoms with E-state index in [1.54, 1.807) is 0 Å². The first-order chi connectivity index (χ1) is 10.1. The van der Waals surface area contributed by atoms with Gasteiger partial charge in [-0.15, -0.1) is 0 Å². The lowest BCUT2D eigenvalue weighted by molar-refractivity contribution is 0.130. The second kappa shape index (κ2) is 4.74. The quantitative estimate of drug-likeness (QED) is 0.923. The Morgan fingerprint density at radius 3 is 2.36 bits per heavy atom. The van der Waals surface area contributed by atoms with E-state index < -0.39 is 21.7 Å². The second-order valence-corrected chi connectivity index (χ2v) is 9.07. The molecule has 6 heteroatoms. The molecular weight excluding hydrogens is 308 g/mol. The minimum absolute atomic E-state index is 0.0776. The fraction of sp³-hybridized carbons (Fsp3) is 0.625. The molecule has 3 atom stereocenters. The maximum atomic E-state index is 13.3. The summed E-state index contributed by atoms with van der Waals surface area (Å²) >= 11 is 0. The van der Waals surface area contributed by atoms with Crippen LogP contribution in [0.4, 0.5) is 8.78 Å². The largest absolute Gasteiger partial charge is 0.240 e. The molecule has 1 N–H and O–H groups in total. The summed E-state index contributed by atoms with van der Waals surface area (Å²) in [5.41, 5.74) is -0.0302. The van der Waals surface area contributed by atoms with Crippen LogP contribution in [0.1, 0.15) is 40.0 Å². The molecule has 3 nitrogen and oxygen atoms in total. The van der Waals surface area contributed by atoms with E-state index in [1.165, 1.54) is 0 Å². The zero-order valence-electron chi connectivity index (χ0n) is 13.0. The van der Waals surface area contributed by atoms with Gasteiger partial charge in [-0.2, -0.15) is 0 Å². The van der Waals surface area contributed by atoms with E-state index >= 15 is 0 Å². The summed E-state index contributed by atoms with van der Waals surface area (Å²) in [7, 11) is -3.85. The van der Waals surface area contributed by atoms with Crippen LogP contribution in [0.2, 0.25) is 0 Å². The SMILES string of the molecule is CC1(C)C2CCC1(C)C(NS(=O)(=O)c1ccc(F)c(F)c1)C2. The number of rotatable bonds is 3. The molecule has 0 heterocycles. The fourth-order valence-electron chi connectivity index (χ4n) is 4.28. The van der Waals surface area contributed by atoms with Gasteiger partial charge < -0.3 is 0 Å². The van der Waals surface area contributed by atoms with Gasteiger partial charge in [-0.25, -0.2) is 21.9 Å². The Morgan fingerprint density at radius 1 is 1.18 bits per heavy atom. The van der Waals surface area contributed by atoms with Crippen LogP contribution in [0.15, 0.2) is 23.1 Å². The van der Waals surface area contributed by atoms with Gasteiger partial charge in [-0.3, -0.25) is 0 Å². The van der Waals surface area contributed by atoms with Crippen LogP contribution in [-0.2, 0) is 10.0 Å². The van der Waals surface area contributed by atoms with E-state index in [-0.39, 0.29) is 21.8 Å². The van der Waals surface area contributed by atoms with Gasteiger partial charge >= 0.3 is 0 Å². The maximum Gasteiger partial charge on any atom is 0.240 e. The lowest BCUT2D eigenvalue weighted by Crippen LogP contribution is -2.46. The van der Waals surface area contributed by atoms with Gasteiger partial charge in [0.1, 0.15) is 0 Å². The standard InChI is InChI=1S/C16H21F2NO2S/c1-15(2)10-6-7-16(15,3)14(8-10)19-22(20,21)11-4-5-12(17)13(18)9-11/h4-5,9-10,14,19H,6-8H2,1-3H3. The summed E-state index contributed by atoms with van der Waals surface area (Å²) in [6.07, 6.45) is 2.90. The molecule has 2 bridgehead atoms. The van der Waals surface area contributed by atoms with Gasteiger partial charge in [0.15, 0.2) is 11.6 Å². The summed E-state index contributed by atoms with van der Waals surface area (Å²) in [4.78, 5) is -0.226. The van der Waals surface area contributed by atoms with Crippen molar-refractivity contribution in [3.05, 3.63) is 29.8 Å². The van der Waals surface area contributed by atoms with E-state index in [1.807, 2.05) is 0 Å². The fourth-order valence-corrected chi connectivity index (χ4v) is 5.65. The summed E-state index contributed by atoms with van der Waals surface area (Å²) in [6.45, 7) is 6.51. The lowest BCUT2D eigenvalue weighted by atomic mass is 9.69. The monoisotopic (exact) mass is 329 g/mol. The van der Waals surface area contributed by atoms with Crippen LogP contribution in [0, 0.1) is 28.4 Å². The Labute approximate surface area is 130 Å². The number of halogens is 2. The zero-order chi connectivity index (χ0) is 16.3. The highest BCUT2D eigenvalue weighted by Gasteiger charge is 2.61. The summed E-state index contributed by atoms with van der Waals surface area (Å²) < 4.78 is 54.0. The normalized spacial score (nSPS) is 33.3. The molecule has 3 rings (SSSR count). The molecule has 122 valence electrons. The number of fused-ring (bicyclic) bond motifs is 2. The highest BCUT2D eigenvalue weighted by atomic mass is 32.2. The summed E-state index contributed by atoms with van der Waals surface area (Å²) in [6, 6.07) is 2.51. The molecule has 0 amide bonds. The van der Waals surface area contributed by atoms with Crippen molar-refractivity contribution in [3.8, 4) is 0 Å². The van der Waals surface area contributed by atoms with Crippen LogP contribution in [0.25, 0.3) is 0 Å². The van der Waals surface area contributed by atoms with E-state index in [2.05, 4.69) is 25.5 Å². The summed E-state index contributed by atoms with van der Waals surface area (Å²) in [5, 5.41) is 0. The average molecular weight is 329 g/mol. The molecule has 2 aliphatic carbocycles. The van der Waals surface area contributed by atoms with Gasteiger partial charge in [0.05, 0.1) is 4.90 Å². The van der Waals surface area contributed by atoms with Crippen molar-refractivity contribution in [3.63, 3.8) is 0 Å². The van der Waals surface area contributed by atoms with Gasteiger partial charge in [-0.1, -0.05) is 20.8 Å². The van der Waals surface area contributed by atoms with Gasteiger partial charge in [0.25, 0.3) is 0 Å². The van der Waals surface area contributed by atoms with Crippen molar-refractivity contribution in [2.24, 2.45) is 16.7 Å². The molecule has 2 fully saturated rings. The van der Waals surface area contributed by atoms with Crippen LogP contribution in [0.5, 0.6) is 0 Å². The second-order valence-electron chi connectivity index (χ2n) is 7.36. The Balaban J connectivity index is 1.88. The Bertz CT molecular complexity index is 717. The molecule has 2 saturated carbocycles. The molecule has 1 aromatic rings. The van der Waals surface area contributed by atoms with E-state index in [0.717, 1.165) is 37.5 Å². The first kappa shape index (κ1) is 15.9. The Hall–Kier alpha value is -1.01. The number of benzene rings is 1. The molecule has 0 aromatic heterocycles. The first-order valence-electron chi connectivity index (χ1n) is 7.55. The van der Waals surface area contributed by atoms with Crippen LogP contribution >= 0.6 is 0 Å². The van der Waals surface area contributed by atoms with Crippen LogP contribution in [0.3, 0.4) is 0 Å². The van der Waals surface area contributed by atoms with E-state index in [4.69, 9.17) is 0 Å². The van der Waals surface area contributed by atoms with Crippen LogP contribution < -0.4 is 4.72 Å². The number of hydrogen-bond donors (Lipinski definition) is 1. The van der Waals surface area contributed by atoms with Crippen molar-refractivity contribution in [2.75, 3.05) is 0 Å². The van der Waals surface area contributed by atoms with Crippen molar-refractivity contribution in [1.29, 1.82) is 0 Å². The van der Waals surface area contributed by atoms with Crippen molar-refractivity contribution in [2.45, 2.75) is 51.0 Å². The van der Waals surface area contributed by atoms with Gasteiger partial charge in [0.2, 0.25) is 10.0 Å². The lowest BCUT2D eigenvalue weighted by Gasteiger charge is -2.39. The number of hydrogen-bond acceptors (Lipinski definition) is 2. The first-order valence-corrected chi connectivity index (χ1v) is 9.04. The predicted molar refractivity (Wildman–Crippen MR) is 79.7 cm³/mol. The average Bonchev–Trinajstić information content (AvgIpc) is 2.74. The molecule has 2 aliphatic rings. The number of sulfonamides is 1. The Kier molecular flexibility index (Phi) is 3.42. The third-order valence-electron chi connectivity index (χ3n) is 6.29. The molecule has 22 heavy (non-hydrogen) atoms. The van der Waals surface area contributed by atoms with Crippen molar-refractivity contribution < 1.29 is 17.2 Å². The summed E-state index contributed by atoms with van der Waals surface area (Å²) in [5.74, 6) is -1.70. The minimum Gasteiger partial charge on any atom is -0.207 e. The highest BCUT2D eigenvalue weighted by Crippen LogP contribution is 2.65. The molecule has 0 radical (unpaired) electrons. The minimum atomic E-state index is -3.85.